The van der Waals surface area contributed by atoms with Crippen LogP contribution >= 0.6 is 0 Å². The zero-order valence-corrected chi connectivity index (χ0v) is 17.0. The number of carbonyl (C=O) groups is 3. The molecule has 8 heteroatoms. The van der Waals surface area contributed by atoms with Gasteiger partial charge in [-0.1, -0.05) is 60.2 Å². The summed E-state index contributed by atoms with van der Waals surface area (Å²) in [5, 5.41) is 14.8. The van der Waals surface area contributed by atoms with Crippen molar-refractivity contribution in [2.24, 2.45) is 5.73 Å². The Labute approximate surface area is 175 Å². The average Bonchev–Trinajstić information content (AvgIpc) is 2.70. The van der Waals surface area contributed by atoms with Gasteiger partial charge in [-0.05, 0) is 25.0 Å². The number of alkyl carbamates (subject to hydrolysis) is 1. The maximum Gasteiger partial charge on any atom is 0.408 e. The van der Waals surface area contributed by atoms with Crippen molar-refractivity contribution in [1.29, 1.82) is 0 Å². The van der Waals surface area contributed by atoms with Crippen LogP contribution in [-0.2, 0) is 27.4 Å². The smallest absolute Gasteiger partial charge is 0.408 e. The number of aliphatic hydroxyl groups is 1. The molecule has 30 heavy (non-hydrogen) atoms. The molecule has 5 N–H and O–H groups in total. The fraction of sp³-hybridized carbons (Fsp3) is 0.318. The largest absolute Gasteiger partial charge is 0.445 e. The van der Waals surface area contributed by atoms with Crippen LogP contribution in [-0.4, -0.2) is 41.2 Å². The van der Waals surface area contributed by atoms with Gasteiger partial charge in [0.1, 0.15) is 18.7 Å². The molecular weight excluding hydrogens is 386 g/mol. The van der Waals surface area contributed by atoms with Gasteiger partial charge in [-0.15, -0.1) is 0 Å². The van der Waals surface area contributed by atoms with Crippen molar-refractivity contribution in [3.8, 4) is 0 Å². The van der Waals surface area contributed by atoms with E-state index >= 15 is 0 Å². The highest BCUT2D eigenvalue weighted by Crippen LogP contribution is 2.08. The van der Waals surface area contributed by atoms with Crippen LogP contribution in [0.15, 0.2) is 54.6 Å². The zero-order chi connectivity index (χ0) is 22.1. The number of aryl methyl sites for hydroxylation is 1. The lowest BCUT2D eigenvalue weighted by Crippen LogP contribution is -2.57. The first-order valence-electron chi connectivity index (χ1n) is 9.56. The number of nitrogens with one attached hydrogen (secondary N) is 2. The van der Waals surface area contributed by atoms with Gasteiger partial charge < -0.3 is 26.2 Å². The topological polar surface area (TPSA) is 131 Å². The van der Waals surface area contributed by atoms with Crippen LogP contribution in [0.3, 0.4) is 0 Å². The first kappa shape index (κ1) is 22.9. The fourth-order valence-electron chi connectivity index (χ4n) is 2.86. The number of ether oxygens (including phenoxy) is 1. The second-order valence-electron chi connectivity index (χ2n) is 7.08. The zero-order valence-electron chi connectivity index (χ0n) is 17.0. The van der Waals surface area contributed by atoms with Crippen molar-refractivity contribution in [3.05, 3.63) is 71.3 Å². The summed E-state index contributed by atoms with van der Waals surface area (Å²) in [5.74, 6) is -1.46. The van der Waals surface area contributed by atoms with Crippen molar-refractivity contribution in [1.82, 2.24) is 10.6 Å². The van der Waals surface area contributed by atoms with Gasteiger partial charge in [-0.2, -0.15) is 0 Å². The number of carbonyl (C=O) groups excluding carboxylic acids is 3. The molecule has 0 heterocycles. The Morgan fingerprint density at radius 2 is 1.70 bits per heavy atom. The summed E-state index contributed by atoms with van der Waals surface area (Å²) in [4.78, 5) is 36.5. The standard InChI is InChI=1S/C22H27N3O5/c1-14-7-6-10-17(11-14)12-18(20(23)27)24-21(28)19(15(2)26)25-22(29)30-13-16-8-4-3-5-9-16/h3-11,15,18-19,26H,12-13H2,1-2H3,(H2,23,27)(H,24,28)(H,25,29)/t15-,18+,19+/m1/s1. The Hall–Kier alpha value is -3.39. The second-order valence-corrected chi connectivity index (χ2v) is 7.08. The molecule has 2 rings (SSSR count). The minimum absolute atomic E-state index is 0.0120. The minimum Gasteiger partial charge on any atom is -0.445 e. The molecule has 8 nitrogen and oxygen atoms in total. The molecule has 0 spiro atoms. The third-order valence-corrected chi connectivity index (χ3v) is 4.43. The van der Waals surface area contributed by atoms with Gasteiger partial charge in [-0.3, -0.25) is 9.59 Å². The molecular formula is C22H27N3O5. The molecule has 0 aliphatic heterocycles. The molecule has 0 aliphatic rings. The lowest BCUT2D eigenvalue weighted by atomic mass is 10.0. The fourth-order valence-corrected chi connectivity index (χ4v) is 2.86. The normalized spacial score (nSPS) is 13.6. The van der Waals surface area contributed by atoms with E-state index < -0.39 is 36.1 Å². The molecule has 0 aliphatic carbocycles. The third-order valence-electron chi connectivity index (χ3n) is 4.43. The summed E-state index contributed by atoms with van der Waals surface area (Å²) < 4.78 is 5.09. The van der Waals surface area contributed by atoms with Gasteiger partial charge in [0, 0.05) is 6.42 Å². The van der Waals surface area contributed by atoms with Crippen LogP contribution in [0, 0.1) is 6.92 Å². The van der Waals surface area contributed by atoms with E-state index in [1.165, 1.54) is 6.92 Å². The third kappa shape index (κ3) is 7.21. The predicted octanol–water partition coefficient (Wildman–Crippen LogP) is 1.18. The van der Waals surface area contributed by atoms with E-state index in [9.17, 15) is 19.5 Å². The molecule has 0 radical (unpaired) electrons. The Balaban J connectivity index is 1.98. The van der Waals surface area contributed by atoms with Crippen molar-refractivity contribution < 1.29 is 24.2 Å². The summed E-state index contributed by atoms with van der Waals surface area (Å²) in [7, 11) is 0. The van der Waals surface area contributed by atoms with E-state index in [4.69, 9.17) is 10.5 Å². The highest BCUT2D eigenvalue weighted by atomic mass is 16.5. The molecule has 3 atom stereocenters. The summed E-state index contributed by atoms with van der Waals surface area (Å²) in [6.45, 7) is 3.27. The van der Waals surface area contributed by atoms with Crippen LogP contribution in [0.5, 0.6) is 0 Å². The number of nitrogens with two attached hydrogens (primary N) is 1. The number of aliphatic hydroxyl groups excluding tert-OH is 1. The van der Waals surface area contributed by atoms with Crippen molar-refractivity contribution in [2.75, 3.05) is 0 Å². The van der Waals surface area contributed by atoms with Gasteiger partial charge in [0.25, 0.3) is 0 Å². The molecule has 0 saturated heterocycles. The van der Waals surface area contributed by atoms with E-state index in [1.54, 1.807) is 24.3 Å². The van der Waals surface area contributed by atoms with Crippen LogP contribution < -0.4 is 16.4 Å². The number of primary amides is 1. The maximum atomic E-state index is 12.6. The van der Waals surface area contributed by atoms with Crippen LogP contribution in [0.4, 0.5) is 4.79 Å². The summed E-state index contributed by atoms with van der Waals surface area (Å²) in [6.07, 6.45) is -1.90. The Morgan fingerprint density at radius 1 is 1.03 bits per heavy atom. The summed E-state index contributed by atoms with van der Waals surface area (Å²) in [5.41, 5.74) is 8.04. The second kappa shape index (κ2) is 11.0. The van der Waals surface area contributed by atoms with Gasteiger partial charge in [0.05, 0.1) is 6.10 Å². The summed E-state index contributed by atoms with van der Waals surface area (Å²) in [6, 6.07) is 14.2. The van der Waals surface area contributed by atoms with Crippen molar-refractivity contribution >= 4 is 17.9 Å². The molecule has 3 amide bonds. The summed E-state index contributed by atoms with van der Waals surface area (Å²) >= 11 is 0. The number of rotatable bonds is 9. The van der Waals surface area contributed by atoms with Gasteiger partial charge >= 0.3 is 6.09 Å². The Kier molecular flexibility index (Phi) is 8.37. The van der Waals surface area contributed by atoms with Gasteiger partial charge in [-0.25, -0.2) is 4.79 Å². The highest BCUT2D eigenvalue weighted by Gasteiger charge is 2.29. The molecule has 2 aromatic rings. The molecule has 0 bridgehead atoms. The van der Waals surface area contributed by atoms with Crippen molar-refractivity contribution in [2.45, 2.75) is 45.1 Å². The van der Waals surface area contributed by atoms with E-state index in [0.717, 1.165) is 16.7 Å². The first-order valence-corrected chi connectivity index (χ1v) is 9.56. The first-order chi connectivity index (χ1) is 14.3. The number of hydrogen-bond donors (Lipinski definition) is 4. The quantitative estimate of drug-likeness (QED) is 0.490. The number of amides is 3. The highest BCUT2D eigenvalue weighted by molar-refractivity contribution is 5.91. The average molecular weight is 413 g/mol. The molecule has 0 unspecified atom stereocenters. The molecule has 160 valence electrons. The molecule has 2 aromatic carbocycles. The van der Waals surface area contributed by atoms with E-state index in [1.807, 2.05) is 37.3 Å². The van der Waals surface area contributed by atoms with Crippen LogP contribution in [0.1, 0.15) is 23.6 Å². The van der Waals surface area contributed by atoms with Crippen LogP contribution in [0.25, 0.3) is 0 Å². The monoisotopic (exact) mass is 413 g/mol. The molecule has 0 aromatic heterocycles. The van der Waals surface area contributed by atoms with E-state index in [2.05, 4.69) is 10.6 Å². The molecule has 0 fully saturated rings. The molecule has 0 saturated carbocycles. The Morgan fingerprint density at radius 3 is 2.30 bits per heavy atom. The van der Waals surface area contributed by atoms with E-state index in [0.29, 0.717) is 0 Å². The minimum atomic E-state index is -1.31. The maximum absolute atomic E-state index is 12.6. The van der Waals surface area contributed by atoms with Crippen LogP contribution in [0.2, 0.25) is 0 Å². The SMILES string of the molecule is Cc1cccc(C[C@H](NC(=O)[C@@H](NC(=O)OCc2ccccc2)[C@@H](C)O)C(N)=O)c1. The lowest BCUT2D eigenvalue weighted by molar-refractivity contribution is -0.130. The van der Waals surface area contributed by atoms with Crippen molar-refractivity contribution in [3.63, 3.8) is 0 Å². The van der Waals surface area contributed by atoms with Gasteiger partial charge in [0.2, 0.25) is 11.8 Å². The lowest BCUT2D eigenvalue weighted by Gasteiger charge is -2.23. The van der Waals surface area contributed by atoms with E-state index in [-0.39, 0.29) is 13.0 Å². The number of benzene rings is 2. The predicted molar refractivity (Wildman–Crippen MR) is 111 cm³/mol. The number of hydrogen-bond acceptors (Lipinski definition) is 5. The Bertz CT molecular complexity index is 870. The van der Waals surface area contributed by atoms with Gasteiger partial charge in [0.15, 0.2) is 0 Å².